The SMILES string of the molecule is CC1CCCC(S(=O)CC(N)c2cc3ccccc3o2)C1. The van der Waals surface area contributed by atoms with Gasteiger partial charge in [0.25, 0.3) is 0 Å². The highest BCUT2D eigenvalue weighted by molar-refractivity contribution is 7.85. The van der Waals surface area contributed by atoms with Gasteiger partial charge in [0, 0.05) is 27.2 Å². The Hall–Kier alpha value is -1.13. The normalized spacial score (nSPS) is 25.8. The first-order valence-corrected chi connectivity index (χ1v) is 9.13. The van der Waals surface area contributed by atoms with Crippen molar-refractivity contribution in [3.8, 4) is 0 Å². The van der Waals surface area contributed by atoms with Gasteiger partial charge in [0.2, 0.25) is 0 Å². The Morgan fingerprint density at radius 1 is 1.38 bits per heavy atom. The molecular formula is C17H23NO2S. The highest BCUT2D eigenvalue weighted by atomic mass is 32.2. The van der Waals surface area contributed by atoms with Gasteiger partial charge in [-0.1, -0.05) is 38.0 Å². The van der Waals surface area contributed by atoms with E-state index in [1.54, 1.807) is 0 Å². The van der Waals surface area contributed by atoms with Crippen molar-refractivity contribution in [1.29, 1.82) is 0 Å². The lowest BCUT2D eigenvalue weighted by atomic mass is 9.91. The van der Waals surface area contributed by atoms with E-state index in [1.807, 2.05) is 30.3 Å². The Kier molecular flexibility index (Phi) is 4.45. The van der Waals surface area contributed by atoms with Gasteiger partial charge >= 0.3 is 0 Å². The van der Waals surface area contributed by atoms with Gasteiger partial charge in [0.1, 0.15) is 11.3 Å². The van der Waals surface area contributed by atoms with Crippen molar-refractivity contribution in [2.75, 3.05) is 5.75 Å². The predicted octanol–water partition coefficient (Wildman–Crippen LogP) is 3.76. The molecule has 114 valence electrons. The molecular weight excluding hydrogens is 282 g/mol. The maximum atomic E-state index is 12.5. The molecule has 1 heterocycles. The number of hydrogen-bond donors (Lipinski definition) is 1. The molecule has 2 N–H and O–H groups in total. The summed E-state index contributed by atoms with van der Waals surface area (Å²) in [5.74, 6) is 1.93. The second-order valence-electron chi connectivity index (χ2n) is 6.23. The van der Waals surface area contributed by atoms with E-state index >= 15 is 0 Å². The van der Waals surface area contributed by atoms with E-state index < -0.39 is 10.8 Å². The quantitative estimate of drug-likeness (QED) is 0.935. The van der Waals surface area contributed by atoms with E-state index in [2.05, 4.69) is 6.92 Å². The third kappa shape index (κ3) is 3.38. The number of rotatable bonds is 4. The highest BCUT2D eigenvalue weighted by Crippen LogP contribution is 2.29. The summed E-state index contributed by atoms with van der Waals surface area (Å²) >= 11 is 0. The van der Waals surface area contributed by atoms with Gasteiger partial charge in [0.05, 0.1) is 6.04 Å². The van der Waals surface area contributed by atoms with Gasteiger partial charge in [-0.15, -0.1) is 0 Å². The van der Waals surface area contributed by atoms with Crippen LogP contribution in [0.3, 0.4) is 0 Å². The number of fused-ring (bicyclic) bond motifs is 1. The molecule has 3 rings (SSSR count). The van der Waals surface area contributed by atoms with Crippen LogP contribution in [-0.4, -0.2) is 15.2 Å². The zero-order valence-electron chi connectivity index (χ0n) is 12.5. The van der Waals surface area contributed by atoms with E-state index in [9.17, 15) is 4.21 Å². The summed E-state index contributed by atoms with van der Waals surface area (Å²) in [6.07, 6.45) is 4.60. The smallest absolute Gasteiger partial charge is 0.134 e. The zero-order chi connectivity index (χ0) is 14.8. The lowest BCUT2D eigenvalue weighted by Gasteiger charge is -2.26. The molecule has 0 amide bonds. The first kappa shape index (κ1) is 14.8. The molecule has 4 unspecified atom stereocenters. The molecule has 0 saturated heterocycles. The summed E-state index contributed by atoms with van der Waals surface area (Å²) in [4.78, 5) is 0. The summed E-state index contributed by atoms with van der Waals surface area (Å²) < 4.78 is 18.3. The average molecular weight is 305 g/mol. The Morgan fingerprint density at radius 3 is 2.95 bits per heavy atom. The van der Waals surface area contributed by atoms with Crippen molar-refractivity contribution in [1.82, 2.24) is 0 Å². The second kappa shape index (κ2) is 6.32. The average Bonchev–Trinajstić information content (AvgIpc) is 2.91. The minimum absolute atomic E-state index is 0.282. The van der Waals surface area contributed by atoms with E-state index in [-0.39, 0.29) is 6.04 Å². The highest BCUT2D eigenvalue weighted by Gasteiger charge is 2.26. The van der Waals surface area contributed by atoms with Crippen LogP contribution in [0.4, 0.5) is 0 Å². The summed E-state index contributed by atoms with van der Waals surface area (Å²) in [6.45, 7) is 2.25. The lowest BCUT2D eigenvalue weighted by molar-refractivity contribution is 0.388. The van der Waals surface area contributed by atoms with Crippen LogP contribution in [0.25, 0.3) is 11.0 Å². The first-order valence-electron chi connectivity index (χ1n) is 7.74. The molecule has 21 heavy (non-hydrogen) atoms. The molecule has 4 heteroatoms. The summed E-state index contributed by atoms with van der Waals surface area (Å²) in [5.41, 5.74) is 7.06. The Morgan fingerprint density at radius 2 is 2.19 bits per heavy atom. The fourth-order valence-corrected chi connectivity index (χ4v) is 4.96. The van der Waals surface area contributed by atoms with E-state index in [0.29, 0.717) is 16.9 Å². The lowest BCUT2D eigenvalue weighted by Crippen LogP contribution is -2.28. The van der Waals surface area contributed by atoms with Crippen molar-refractivity contribution in [3.63, 3.8) is 0 Å². The van der Waals surface area contributed by atoms with Crippen LogP contribution in [0, 0.1) is 5.92 Å². The molecule has 0 bridgehead atoms. The maximum absolute atomic E-state index is 12.5. The van der Waals surface area contributed by atoms with Gasteiger partial charge in [-0.05, 0) is 30.9 Å². The summed E-state index contributed by atoms with van der Waals surface area (Å²) in [6, 6.07) is 9.56. The molecule has 1 fully saturated rings. The van der Waals surface area contributed by atoms with Crippen LogP contribution in [-0.2, 0) is 10.8 Å². The zero-order valence-corrected chi connectivity index (χ0v) is 13.3. The molecule has 3 nitrogen and oxygen atoms in total. The monoisotopic (exact) mass is 305 g/mol. The van der Waals surface area contributed by atoms with Crippen LogP contribution in [0.5, 0.6) is 0 Å². The van der Waals surface area contributed by atoms with Gasteiger partial charge in [-0.2, -0.15) is 0 Å². The summed E-state index contributed by atoms with van der Waals surface area (Å²) in [7, 11) is -0.864. The van der Waals surface area contributed by atoms with Crippen LogP contribution >= 0.6 is 0 Å². The van der Waals surface area contributed by atoms with E-state index in [0.717, 1.165) is 29.6 Å². The molecule has 1 aromatic heterocycles. The Balaban J connectivity index is 1.67. The standard InChI is InChI=1S/C17H23NO2S/c1-12-5-4-7-14(9-12)21(19)11-15(18)17-10-13-6-2-3-8-16(13)20-17/h2-3,6,8,10,12,14-15H,4-5,7,9,11,18H2,1H3. The van der Waals surface area contributed by atoms with Crippen molar-refractivity contribution in [3.05, 3.63) is 36.1 Å². The molecule has 0 aliphatic heterocycles. The molecule has 1 saturated carbocycles. The fraction of sp³-hybridized carbons (Fsp3) is 0.529. The number of nitrogens with two attached hydrogens (primary N) is 1. The fourth-order valence-electron chi connectivity index (χ4n) is 3.20. The van der Waals surface area contributed by atoms with Crippen molar-refractivity contribution < 1.29 is 8.63 Å². The molecule has 4 atom stereocenters. The number of furan rings is 1. The van der Waals surface area contributed by atoms with E-state index in [1.165, 1.54) is 12.8 Å². The van der Waals surface area contributed by atoms with Gasteiger partial charge in [-0.25, -0.2) is 0 Å². The molecule has 2 aromatic rings. The third-order valence-electron chi connectivity index (χ3n) is 4.41. The molecule has 0 spiro atoms. The predicted molar refractivity (Wildman–Crippen MR) is 87.6 cm³/mol. The number of para-hydroxylation sites is 1. The third-order valence-corrected chi connectivity index (χ3v) is 6.27. The van der Waals surface area contributed by atoms with Crippen molar-refractivity contribution in [2.24, 2.45) is 11.7 Å². The van der Waals surface area contributed by atoms with Gasteiger partial charge < -0.3 is 10.2 Å². The number of benzene rings is 1. The van der Waals surface area contributed by atoms with E-state index in [4.69, 9.17) is 10.2 Å². The van der Waals surface area contributed by atoms with Crippen LogP contribution < -0.4 is 5.73 Å². The molecule has 1 aliphatic carbocycles. The largest absolute Gasteiger partial charge is 0.459 e. The molecule has 1 aromatic carbocycles. The Bertz CT molecular complexity index is 604. The Labute approximate surface area is 128 Å². The van der Waals surface area contributed by atoms with Crippen LogP contribution in [0.15, 0.2) is 34.7 Å². The second-order valence-corrected chi connectivity index (χ2v) is 8.00. The van der Waals surface area contributed by atoms with Crippen molar-refractivity contribution in [2.45, 2.75) is 43.9 Å². The minimum atomic E-state index is -0.864. The van der Waals surface area contributed by atoms with Crippen LogP contribution in [0.1, 0.15) is 44.4 Å². The molecule has 0 radical (unpaired) electrons. The van der Waals surface area contributed by atoms with Gasteiger partial charge in [0.15, 0.2) is 0 Å². The first-order chi connectivity index (χ1) is 10.1. The molecule has 1 aliphatic rings. The van der Waals surface area contributed by atoms with Crippen molar-refractivity contribution >= 4 is 21.8 Å². The maximum Gasteiger partial charge on any atom is 0.134 e. The minimum Gasteiger partial charge on any atom is -0.459 e. The van der Waals surface area contributed by atoms with Gasteiger partial charge in [-0.3, -0.25) is 4.21 Å². The van der Waals surface area contributed by atoms with Crippen LogP contribution in [0.2, 0.25) is 0 Å². The topological polar surface area (TPSA) is 56.2 Å². The number of hydrogen-bond acceptors (Lipinski definition) is 3. The summed E-state index contributed by atoms with van der Waals surface area (Å²) in [5, 5.41) is 1.36.